The predicted molar refractivity (Wildman–Crippen MR) is 67.0 cm³/mol. The summed E-state index contributed by atoms with van der Waals surface area (Å²) in [6.07, 6.45) is 2.63. The molecular weight excluding hydrogens is 222 g/mol. The van der Waals surface area contributed by atoms with Crippen LogP contribution in [0.2, 0.25) is 0 Å². The van der Waals surface area contributed by atoms with Gasteiger partial charge in [0.25, 0.3) is 0 Å². The molecule has 1 aliphatic rings. The molecule has 88 valence electrons. The van der Waals surface area contributed by atoms with Gasteiger partial charge in [0.1, 0.15) is 0 Å². The van der Waals surface area contributed by atoms with Crippen molar-refractivity contribution >= 4 is 11.8 Å². The maximum absolute atomic E-state index is 9.33. The Hall–Kier alpha value is -0.870. The molecule has 0 radical (unpaired) electrons. The highest BCUT2D eigenvalue weighted by atomic mass is 32.2. The van der Waals surface area contributed by atoms with E-state index in [0.29, 0.717) is 0 Å². The summed E-state index contributed by atoms with van der Waals surface area (Å²) >= 11 is 2.03. The van der Waals surface area contributed by atoms with Gasteiger partial charge in [0.2, 0.25) is 0 Å². The normalized spacial score (nSPS) is 20.1. The number of hydrogen-bond donors (Lipinski definition) is 3. The van der Waals surface area contributed by atoms with Crippen LogP contribution in [0.15, 0.2) is 18.2 Å². The van der Waals surface area contributed by atoms with Crippen molar-refractivity contribution in [2.75, 3.05) is 12.3 Å². The first-order chi connectivity index (χ1) is 7.75. The maximum Gasteiger partial charge on any atom is 0.157 e. The fourth-order valence-corrected chi connectivity index (χ4v) is 3.10. The zero-order valence-electron chi connectivity index (χ0n) is 9.15. The molecule has 2 rings (SSSR count). The molecule has 1 fully saturated rings. The topological polar surface area (TPSA) is 52.5 Å². The summed E-state index contributed by atoms with van der Waals surface area (Å²) in [6, 6.07) is 4.95. The van der Waals surface area contributed by atoms with Crippen molar-refractivity contribution in [1.29, 1.82) is 0 Å². The third-order valence-corrected chi connectivity index (χ3v) is 4.16. The van der Waals surface area contributed by atoms with Gasteiger partial charge in [0.05, 0.1) is 0 Å². The second-order valence-electron chi connectivity index (χ2n) is 4.09. The first-order valence-corrected chi connectivity index (χ1v) is 6.64. The Balaban J connectivity index is 1.78. The average Bonchev–Trinajstić information content (AvgIpc) is 2.76. The monoisotopic (exact) mass is 239 g/mol. The van der Waals surface area contributed by atoms with E-state index in [1.807, 2.05) is 17.8 Å². The van der Waals surface area contributed by atoms with E-state index in [0.717, 1.165) is 23.9 Å². The van der Waals surface area contributed by atoms with Gasteiger partial charge in [-0.05, 0) is 36.3 Å². The molecule has 1 unspecified atom stereocenters. The molecule has 3 N–H and O–H groups in total. The third-order valence-electron chi connectivity index (χ3n) is 2.76. The first-order valence-electron chi connectivity index (χ1n) is 5.59. The number of aromatic hydroxyl groups is 2. The lowest BCUT2D eigenvalue weighted by Crippen LogP contribution is -2.22. The Bertz CT molecular complexity index is 351. The largest absolute Gasteiger partial charge is 0.504 e. The van der Waals surface area contributed by atoms with E-state index in [-0.39, 0.29) is 11.5 Å². The van der Waals surface area contributed by atoms with Crippen LogP contribution in [0.4, 0.5) is 0 Å². The standard InChI is InChI=1S/C12H17NO2S/c14-11-4-3-9(6-12(11)15)7-13-8-10-2-1-5-16-10/h3-4,6,10,13-15H,1-2,5,7-8H2. The molecule has 1 heterocycles. The molecule has 0 amide bonds. The van der Waals surface area contributed by atoms with Crippen LogP contribution in [-0.2, 0) is 6.54 Å². The smallest absolute Gasteiger partial charge is 0.157 e. The fraction of sp³-hybridized carbons (Fsp3) is 0.500. The summed E-state index contributed by atoms with van der Waals surface area (Å²) in [7, 11) is 0. The Morgan fingerprint density at radius 3 is 2.88 bits per heavy atom. The minimum Gasteiger partial charge on any atom is -0.504 e. The molecule has 4 heteroatoms. The first kappa shape index (κ1) is 11.6. The van der Waals surface area contributed by atoms with Crippen molar-refractivity contribution in [2.45, 2.75) is 24.6 Å². The zero-order valence-corrected chi connectivity index (χ0v) is 9.96. The van der Waals surface area contributed by atoms with Crippen molar-refractivity contribution in [3.8, 4) is 11.5 Å². The summed E-state index contributed by atoms with van der Waals surface area (Å²) in [5.74, 6) is 1.18. The molecule has 0 saturated carbocycles. The van der Waals surface area contributed by atoms with Gasteiger partial charge in [-0.3, -0.25) is 0 Å². The van der Waals surface area contributed by atoms with Crippen LogP contribution in [0.1, 0.15) is 18.4 Å². The van der Waals surface area contributed by atoms with Crippen LogP contribution in [0.3, 0.4) is 0 Å². The second kappa shape index (κ2) is 5.46. The summed E-state index contributed by atoms with van der Waals surface area (Å²) < 4.78 is 0. The average molecular weight is 239 g/mol. The Morgan fingerprint density at radius 2 is 2.19 bits per heavy atom. The molecule has 1 aliphatic heterocycles. The minimum atomic E-state index is -0.0601. The van der Waals surface area contributed by atoms with Crippen molar-refractivity contribution in [3.63, 3.8) is 0 Å². The molecule has 3 nitrogen and oxygen atoms in total. The Morgan fingerprint density at radius 1 is 1.31 bits per heavy atom. The molecule has 0 aliphatic carbocycles. The van der Waals surface area contributed by atoms with E-state index in [4.69, 9.17) is 5.11 Å². The van der Waals surface area contributed by atoms with Gasteiger partial charge in [0.15, 0.2) is 11.5 Å². The van der Waals surface area contributed by atoms with Crippen LogP contribution < -0.4 is 5.32 Å². The van der Waals surface area contributed by atoms with Crippen LogP contribution >= 0.6 is 11.8 Å². The maximum atomic E-state index is 9.33. The summed E-state index contributed by atoms with van der Waals surface area (Å²) in [5.41, 5.74) is 0.998. The lowest BCUT2D eigenvalue weighted by Gasteiger charge is -2.10. The molecule has 1 aromatic carbocycles. The van der Waals surface area contributed by atoms with Crippen molar-refractivity contribution in [3.05, 3.63) is 23.8 Å². The minimum absolute atomic E-state index is 0.0467. The SMILES string of the molecule is Oc1ccc(CNCC2CCCS2)cc1O. The van der Waals surface area contributed by atoms with Gasteiger partial charge in [-0.2, -0.15) is 11.8 Å². The van der Waals surface area contributed by atoms with E-state index in [2.05, 4.69) is 5.32 Å². The van der Waals surface area contributed by atoms with Crippen molar-refractivity contribution in [2.24, 2.45) is 0 Å². The number of benzene rings is 1. The third kappa shape index (κ3) is 3.06. The van der Waals surface area contributed by atoms with Gasteiger partial charge in [0, 0.05) is 18.3 Å². The van der Waals surface area contributed by atoms with Crippen LogP contribution in [0, 0.1) is 0 Å². The number of phenols is 2. The number of rotatable bonds is 4. The number of thioether (sulfide) groups is 1. The van der Waals surface area contributed by atoms with E-state index in [1.54, 1.807) is 6.07 Å². The number of nitrogens with one attached hydrogen (secondary N) is 1. The zero-order chi connectivity index (χ0) is 11.4. The van der Waals surface area contributed by atoms with Crippen LogP contribution in [0.5, 0.6) is 11.5 Å². The molecule has 1 saturated heterocycles. The quantitative estimate of drug-likeness (QED) is 0.704. The number of phenolic OH excluding ortho intramolecular Hbond substituents is 2. The van der Waals surface area contributed by atoms with Crippen LogP contribution in [0.25, 0.3) is 0 Å². The van der Waals surface area contributed by atoms with E-state index in [1.165, 1.54) is 24.7 Å². The summed E-state index contributed by atoms with van der Waals surface area (Å²) in [4.78, 5) is 0. The molecule has 1 aromatic rings. The van der Waals surface area contributed by atoms with Gasteiger partial charge in [-0.25, -0.2) is 0 Å². The highest BCUT2D eigenvalue weighted by Gasteiger charge is 2.14. The Labute approximate surface area is 99.9 Å². The van der Waals surface area contributed by atoms with E-state index in [9.17, 15) is 5.11 Å². The molecule has 0 bridgehead atoms. The highest BCUT2D eigenvalue weighted by molar-refractivity contribution is 8.00. The fourth-order valence-electron chi connectivity index (χ4n) is 1.86. The lowest BCUT2D eigenvalue weighted by atomic mass is 10.2. The second-order valence-corrected chi connectivity index (χ2v) is 5.50. The Kier molecular flexibility index (Phi) is 3.96. The molecule has 16 heavy (non-hydrogen) atoms. The van der Waals surface area contributed by atoms with E-state index < -0.39 is 0 Å². The van der Waals surface area contributed by atoms with Gasteiger partial charge in [-0.15, -0.1) is 0 Å². The number of hydrogen-bond acceptors (Lipinski definition) is 4. The summed E-state index contributed by atoms with van der Waals surface area (Å²) in [5, 5.41) is 22.6. The molecule has 1 atom stereocenters. The van der Waals surface area contributed by atoms with Gasteiger partial charge in [-0.1, -0.05) is 6.07 Å². The predicted octanol–water partition coefficient (Wildman–Crippen LogP) is 2.08. The lowest BCUT2D eigenvalue weighted by molar-refractivity contribution is 0.403. The van der Waals surface area contributed by atoms with E-state index >= 15 is 0 Å². The molecule has 0 spiro atoms. The molecule has 0 aromatic heterocycles. The molecular formula is C12H17NO2S. The van der Waals surface area contributed by atoms with Gasteiger partial charge >= 0.3 is 0 Å². The van der Waals surface area contributed by atoms with Crippen molar-refractivity contribution in [1.82, 2.24) is 5.32 Å². The highest BCUT2D eigenvalue weighted by Crippen LogP contribution is 2.26. The van der Waals surface area contributed by atoms with Gasteiger partial charge < -0.3 is 15.5 Å². The van der Waals surface area contributed by atoms with Crippen LogP contribution in [-0.4, -0.2) is 27.8 Å². The summed E-state index contributed by atoms with van der Waals surface area (Å²) in [6.45, 7) is 1.76. The van der Waals surface area contributed by atoms with Crippen molar-refractivity contribution < 1.29 is 10.2 Å².